The van der Waals surface area contributed by atoms with Gasteiger partial charge in [0.05, 0.1) is 51.4 Å². The van der Waals surface area contributed by atoms with Crippen LogP contribution in [-0.4, -0.2) is 52.9 Å². The molecule has 4 rings (SSSR count). The van der Waals surface area contributed by atoms with Gasteiger partial charge < -0.3 is 29.2 Å². The molecule has 0 aromatic heterocycles. The maximum atomic E-state index is 7.00. The summed E-state index contributed by atoms with van der Waals surface area (Å²) in [5.74, 6) is 3.23. The number of aliphatic hydroxyl groups excluding tert-OH is 2. The molecule has 0 saturated heterocycles. The van der Waals surface area contributed by atoms with Gasteiger partial charge in [0.1, 0.15) is 0 Å². The van der Waals surface area contributed by atoms with Gasteiger partial charge in [0, 0.05) is 14.2 Å². The third kappa shape index (κ3) is 6.74. The Hall–Kier alpha value is -2.51. The minimum Gasteiger partial charge on any atom is -0.544 e. The zero-order chi connectivity index (χ0) is 22.5. The molecule has 2 N–H and O–H groups in total. The number of hydrogen-bond acceptors (Lipinski definition) is 6. The van der Waals surface area contributed by atoms with Gasteiger partial charge in [-0.3, -0.25) is 0 Å². The van der Waals surface area contributed by atoms with E-state index in [4.69, 9.17) is 29.2 Å². The zero-order valence-electron chi connectivity index (χ0n) is 18.8. The first-order valence-corrected chi connectivity index (χ1v) is 9.15. The third-order valence-electron chi connectivity index (χ3n) is 4.28. The SMILES string of the molecule is CO.CO.COc1[cH-]c2ccccc2c1OC.COc1[cH-]c2ccccc2c1OC.[Ti+2]. The van der Waals surface area contributed by atoms with Gasteiger partial charge in [-0.25, -0.2) is 0 Å². The van der Waals surface area contributed by atoms with Crippen LogP contribution in [0.15, 0.2) is 60.7 Å². The second-order valence-electron chi connectivity index (χ2n) is 5.67. The van der Waals surface area contributed by atoms with Crippen molar-refractivity contribution in [2.75, 3.05) is 42.7 Å². The first kappa shape index (κ1) is 28.5. The van der Waals surface area contributed by atoms with Crippen molar-refractivity contribution in [1.82, 2.24) is 0 Å². The molecule has 0 fully saturated rings. The first-order chi connectivity index (χ1) is 14.7. The number of fused-ring (bicyclic) bond motifs is 2. The van der Waals surface area contributed by atoms with Gasteiger partial charge in [0.25, 0.3) is 0 Å². The van der Waals surface area contributed by atoms with E-state index in [1.807, 2.05) is 60.7 Å². The smallest absolute Gasteiger partial charge is 0.544 e. The summed E-state index contributed by atoms with van der Waals surface area (Å²) in [5, 5.41) is 18.5. The fraction of sp³-hybridized carbons (Fsp3) is 0.250. The quantitative estimate of drug-likeness (QED) is 0.347. The molecule has 0 bridgehead atoms. The fourth-order valence-electron chi connectivity index (χ4n) is 3.06. The molecule has 0 radical (unpaired) electrons. The minimum absolute atomic E-state index is 0. The maximum absolute atomic E-state index is 7.00. The topological polar surface area (TPSA) is 77.4 Å². The molecule has 0 amide bonds. The molecule has 0 aliphatic rings. The molecule has 166 valence electrons. The Morgan fingerprint density at radius 1 is 0.548 bits per heavy atom. The number of rotatable bonds is 4. The summed E-state index contributed by atoms with van der Waals surface area (Å²) in [6.07, 6.45) is 0. The molecule has 0 saturated carbocycles. The Kier molecular flexibility index (Phi) is 14.1. The van der Waals surface area contributed by atoms with Crippen molar-refractivity contribution >= 4 is 21.5 Å². The Balaban J connectivity index is 0.000000487. The normalized spacial score (nSPS) is 9.03. The van der Waals surface area contributed by atoms with Gasteiger partial charge in [-0.05, 0) is 0 Å². The van der Waals surface area contributed by atoms with Crippen molar-refractivity contribution in [3.63, 3.8) is 0 Å². The summed E-state index contributed by atoms with van der Waals surface area (Å²) >= 11 is 0. The Morgan fingerprint density at radius 2 is 0.871 bits per heavy atom. The molecule has 0 spiro atoms. The molecule has 4 aromatic carbocycles. The minimum atomic E-state index is 0. The van der Waals surface area contributed by atoms with Gasteiger partial charge >= 0.3 is 21.7 Å². The van der Waals surface area contributed by atoms with Crippen molar-refractivity contribution in [3.8, 4) is 23.0 Å². The van der Waals surface area contributed by atoms with E-state index in [0.29, 0.717) is 0 Å². The summed E-state index contributed by atoms with van der Waals surface area (Å²) in [5.41, 5.74) is 0. The molecular formula is C24H30O6Ti. The van der Waals surface area contributed by atoms with Crippen LogP contribution in [0.5, 0.6) is 23.0 Å². The van der Waals surface area contributed by atoms with Crippen LogP contribution >= 0.6 is 0 Å². The molecule has 7 heteroatoms. The average molecular weight is 462 g/mol. The molecule has 6 nitrogen and oxygen atoms in total. The number of ether oxygens (including phenoxy) is 4. The van der Waals surface area contributed by atoms with Crippen LogP contribution in [0, 0.1) is 0 Å². The van der Waals surface area contributed by atoms with Gasteiger partial charge in [-0.1, -0.05) is 22.9 Å². The predicted octanol–water partition coefficient (Wildman–Crippen LogP) is 4.37. The number of methoxy groups -OCH3 is 4. The van der Waals surface area contributed by atoms with Crippen LogP contribution < -0.4 is 18.9 Å². The second-order valence-corrected chi connectivity index (χ2v) is 5.67. The molecule has 0 heterocycles. The number of hydrogen-bond donors (Lipinski definition) is 2. The predicted molar refractivity (Wildman–Crippen MR) is 122 cm³/mol. The molecule has 0 atom stereocenters. The molecule has 0 aliphatic carbocycles. The Labute approximate surface area is 198 Å². The maximum Gasteiger partial charge on any atom is 2.00 e. The molecule has 4 aromatic rings. The van der Waals surface area contributed by atoms with Gasteiger partial charge in [0.2, 0.25) is 0 Å². The van der Waals surface area contributed by atoms with Crippen LogP contribution in [0.1, 0.15) is 0 Å². The largest absolute Gasteiger partial charge is 2.00 e. The molecule has 0 aliphatic heterocycles. The average Bonchev–Trinajstić information content (AvgIpc) is 3.39. The van der Waals surface area contributed by atoms with Gasteiger partial charge in [-0.15, -0.1) is 59.3 Å². The van der Waals surface area contributed by atoms with E-state index in [-0.39, 0.29) is 21.7 Å². The van der Waals surface area contributed by atoms with E-state index in [2.05, 4.69) is 0 Å². The molecular weight excluding hydrogens is 432 g/mol. The van der Waals surface area contributed by atoms with E-state index in [1.54, 1.807) is 28.4 Å². The van der Waals surface area contributed by atoms with Crippen LogP contribution in [0.2, 0.25) is 0 Å². The number of aliphatic hydroxyl groups is 2. The standard InChI is InChI=1S/2C11H11O2.2CH4O.Ti/c2*1-12-10-7-8-5-3-4-6-9(8)11(10)13-2;2*1-2;/h2*3-7H,1-2H3;2*2H,1H3;/q2*-1;;;+2. The second kappa shape index (κ2) is 15.3. The van der Waals surface area contributed by atoms with Crippen LogP contribution in [-0.2, 0) is 21.7 Å². The molecule has 0 unspecified atom stereocenters. The fourth-order valence-corrected chi connectivity index (χ4v) is 3.06. The van der Waals surface area contributed by atoms with E-state index < -0.39 is 0 Å². The van der Waals surface area contributed by atoms with Crippen LogP contribution in [0.25, 0.3) is 21.5 Å². The number of benzene rings is 2. The summed E-state index contributed by atoms with van der Waals surface area (Å²) in [7, 11) is 8.61. The van der Waals surface area contributed by atoms with Gasteiger partial charge in [-0.2, -0.15) is 0 Å². The zero-order valence-corrected chi connectivity index (χ0v) is 20.4. The third-order valence-corrected chi connectivity index (χ3v) is 4.28. The van der Waals surface area contributed by atoms with E-state index in [0.717, 1.165) is 58.8 Å². The van der Waals surface area contributed by atoms with Crippen LogP contribution in [0.3, 0.4) is 0 Å². The Morgan fingerprint density at radius 3 is 1.16 bits per heavy atom. The van der Waals surface area contributed by atoms with E-state index in [1.165, 1.54) is 0 Å². The summed E-state index contributed by atoms with van der Waals surface area (Å²) in [6.45, 7) is 0. The van der Waals surface area contributed by atoms with Crippen molar-refractivity contribution in [1.29, 1.82) is 0 Å². The monoisotopic (exact) mass is 462 g/mol. The summed E-state index contributed by atoms with van der Waals surface area (Å²) in [6, 6.07) is 20.1. The summed E-state index contributed by atoms with van der Waals surface area (Å²) in [4.78, 5) is 0. The van der Waals surface area contributed by atoms with Crippen molar-refractivity contribution in [2.45, 2.75) is 0 Å². The van der Waals surface area contributed by atoms with Crippen molar-refractivity contribution in [3.05, 3.63) is 60.7 Å². The molecule has 31 heavy (non-hydrogen) atoms. The van der Waals surface area contributed by atoms with E-state index in [9.17, 15) is 0 Å². The Bertz CT molecular complexity index is 924. The first-order valence-electron chi connectivity index (χ1n) is 9.15. The van der Waals surface area contributed by atoms with Crippen LogP contribution in [0.4, 0.5) is 0 Å². The van der Waals surface area contributed by atoms with E-state index >= 15 is 0 Å². The van der Waals surface area contributed by atoms with Crippen molar-refractivity contribution in [2.24, 2.45) is 0 Å². The summed E-state index contributed by atoms with van der Waals surface area (Å²) < 4.78 is 20.9. The van der Waals surface area contributed by atoms with Crippen molar-refractivity contribution < 1.29 is 50.9 Å². The van der Waals surface area contributed by atoms with Gasteiger partial charge in [0.15, 0.2) is 0 Å².